The predicted octanol–water partition coefficient (Wildman–Crippen LogP) is 0.100. The van der Waals surface area contributed by atoms with E-state index in [1.54, 1.807) is 12.3 Å². The van der Waals surface area contributed by atoms with Gasteiger partial charge in [0.15, 0.2) is 5.82 Å². The van der Waals surface area contributed by atoms with Crippen molar-refractivity contribution in [3.05, 3.63) is 87.9 Å². The van der Waals surface area contributed by atoms with Gasteiger partial charge in [-0.15, -0.1) is 0 Å². The summed E-state index contributed by atoms with van der Waals surface area (Å²) in [7, 11) is -2.86. The molecule has 0 bridgehead atoms. The quantitative estimate of drug-likeness (QED) is 0.181. The van der Waals surface area contributed by atoms with E-state index >= 15 is 4.39 Å². The molecule has 41 heavy (non-hydrogen) atoms. The Morgan fingerprint density at radius 1 is 1.22 bits per heavy atom. The molecule has 0 radical (unpaired) electrons. The number of benzene rings is 2. The van der Waals surface area contributed by atoms with Crippen molar-refractivity contribution in [3.63, 3.8) is 0 Å². The van der Waals surface area contributed by atoms with Gasteiger partial charge in [-0.1, -0.05) is 24.3 Å². The van der Waals surface area contributed by atoms with Crippen LogP contribution in [0.2, 0.25) is 0 Å². The third kappa shape index (κ3) is 6.77. The lowest BCUT2D eigenvalue weighted by Gasteiger charge is -2.23. The first-order valence-electron chi connectivity index (χ1n) is 12.5. The third-order valence-electron chi connectivity index (χ3n) is 6.36. The van der Waals surface area contributed by atoms with E-state index in [-0.39, 0.29) is 40.6 Å². The number of aryl methyl sites for hydroxylation is 1. The molecule has 2 aromatic carbocycles. The van der Waals surface area contributed by atoms with Gasteiger partial charge in [0.05, 0.1) is 15.8 Å². The van der Waals surface area contributed by atoms with Crippen LogP contribution in [0, 0.1) is 11.6 Å². The first kappa shape index (κ1) is 29.8. The number of aliphatic carboxylic acids is 1. The van der Waals surface area contributed by atoms with Crippen molar-refractivity contribution in [2.75, 3.05) is 19.6 Å². The summed E-state index contributed by atoms with van der Waals surface area (Å²) in [5.74, 6) is -4.53. The van der Waals surface area contributed by atoms with Crippen molar-refractivity contribution in [1.29, 1.82) is 0 Å². The molecule has 6 N–H and O–H groups in total. The summed E-state index contributed by atoms with van der Waals surface area (Å²) in [6.07, 6.45) is 4.37. The number of carbonyl (C=O) groups is 2. The molecule has 2 atom stereocenters. The Morgan fingerprint density at radius 2 is 1.95 bits per heavy atom. The molecule has 0 saturated carbocycles. The highest BCUT2D eigenvalue weighted by Crippen LogP contribution is 2.23. The number of nitrogens with one attached hydrogen (secondary N) is 5. The Labute approximate surface area is 233 Å². The fraction of sp³-hybridized carbons (Fsp3) is 0.269. The Balaban J connectivity index is 1.52. The zero-order valence-electron chi connectivity index (χ0n) is 21.8. The molecule has 0 saturated heterocycles. The molecule has 15 heteroatoms. The van der Waals surface area contributed by atoms with Crippen LogP contribution in [0.5, 0.6) is 0 Å². The van der Waals surface area contributed by atoms with E-state index in [1.165, 1.54) is 35.9 Å². The third-order valence-corrected chi connectivity index (χ3v) is 7.84. The monoisotopic (exact) mass is 590 g/mol. The summed E-state index contributed by atoms with van der Waals surface area (Å²) < 4.78 is 58.5. The van der Waals surface area contributed by atoms with E-state index in [1.807, 2.05) is 10.8 Å². The van der Waals surface area contributed by atoms with Crippen LogP contribution >= 0.6 is 0 Å². The number of nitrogens with zero attached hydrogens (tertiary/aromatic N) is 1. The van der Waals surface area contributed by atoms with Crippen LogP contribution < -0.4 is 31.4 Å². The smallest absolute Gasteiger partial charge is 0.323 e. The predicted molar refractivity (Wildman–Crippen MR) is 145 cm³/mol. The number of hydrogen-bond donors (Lipinski definition) is 6. The maximum absolute atomic E-state index is 15.4. The molecule has 0 fully saturated rings. The van der Waals surface area contributed by atoms with Crippen LogP contribution in [0.15, 0.2) is 64.6 Å². The number of carbonyl (C=O) groups excluding carboxylic acids is 1. The van der Waals surface area contributed by atoms with E-state index in [0.29, 0.717) is 6.54 Å². The molecule has 2 unspecified atom stereocenters. The van der Waals surface area contributed by atoms with E-state index in [9.17, 15) is 32.3 Å². The van der Waals surface area contributed by atoms with Gasteiger partial charge in [-0.05, 0) is 30.8 Å². The Kier molecular flexibility index (Phi) is 9.12. The summed E-state index contributed by atoms with van der Waals surface area (Å²) in [6.45, 7) is 0.128. The fourth-order valence-electron chi connectivity index (χ4n) is 4.28. The minimum Gasteiger partial charge on any atom is -0.480 e. The molecule has 218 valence electrons. The van der Waals surface area contributed by atoms with E-state index in [0.717, 1.165) is 12.3 Å². The normalized spacial score (nSPS) is 15.8. The average molecular weight is 591 g/mol. The Hall–Kier alpha value is -4.18. The van der Waals surface area contributed by atoms with Gasteiger partial charge in [0.2, 0.25) is 15.5 Å². The van der Waals surface area contributed by atoms with E-state index in [2.05, 4.69) is 21.3 Å². The van der Waals surface area contributed by atoms with Crippen molar-refractivity contribution in [2.24, 2.45) is 7.05 Å². The highest BCUT2D eigenvalue weighted by molar-refractivity contribution is 7.89. The minimum absolute atomic E-state index is 0.0247. The number of fused-ring (bicyclic) bond motifs is 1. The highest BCUT2D eigenvalue weighted by atomic mass is 32.2. The van der Waals surface area contributed by atoms with Gasteiger partial charge in [-0.3, -0.25) is 25.0 Å². The van der Waals surface area contributed by atoms with E-state index in [4.69, 9.17) is 0 Å². The van der Waals surface area contributed by atoms with Crippen LogP contribution in [0.4, 0.5) is 8.78 Å². The van der Waals surface area contributed by atoms with Gasteiger partial charge in [0, 0.05) is 38.4 Å². The van der Waals surface area contributed by atoms with Crippen molar-refractivity contribution in [1.82, 2.24) is 30.6 Å². The molecule has 0 spiro atoms. The van der Waals surface area contributed by atoms with Crippen LogP contribution in [0.1, 0.15) is 15.9 Å². The number of sulfonamides is 1. The Bertz CT molecular complexity index is 1660. The summed E-state index contributed by atoms with van der Waals surface area (Å²) in [4.78, 5) is 37.4. The van der Waals surface area contributed by atoms with Crippen LogP contribution in [-0.2, 0) is 28.3 Å². The lowest BCUT2D eigenvalue weighted by atomic mass is 10.0. The molecule has 0 aliphatic carbocycles. The SMILES string of the molecule is Cn1cc(C(=O)NCC(NS(=O)(=O)c2ccccc2)C(=O)O)c(=O)c2cc(F)c(CCNC3NC=CCN3)c(F)c21. The number of rotatable bonds is 11. The summed E-state index contributed by atoms with van der Waals surface area (Å²) in [6, 6.07) is 6.12. The molecule has 12 nitrogen and oxygen atoms in total. The van der Waals surface area contributed by atoms with Crippen LogP contribution in [0.3, 0.4) is 0 Å². The zero-order valence-corrected chi connectivity index (χ0v) is 22.6. The molecule has 4 rings (SSSR count). The number of carboxylic acid groups (broad SMARTS) is 1. The van der Waals surface area contributed by atoms with Gasteiger partial charge < -0.3 is 20.3 Å². The largest absolute Gasteiger partial charge is 0.480 e. The molecule has 2 heterocycles. The second-order valence-corrected chi connectivity index (χ2v) is 10.9. The highest BCUT2D eigenvalue weighted by Gasteiger charge is 2.27. The minimum atomic E-state index is -4.23. The lowest BCUT2D eigenvalue weighted by molar-refractivity contribution is -0.138. The zero-order chi connectivity index (χ0) is 29.7. The molecular formula is C26H28F2N6O6S. The fourth-order valence-corrected chi connectivity index (χ4v) is 5.49. The summed E-state index contributed by atoms with van der Waals surface area (Å²) in [5, 5.41) is 20.5. The molecular weight excluding hydrogens is 562 g/mol. The molecule has 3 aromatic rings. The maximum atomic E-state index is 15.4. The number of amides is 1. The van der Waals surface area contributed by atoms with Crippen molar-refractivity contribution in [2.45, 2.75) is 23.6 Å². The number of halogens is 2. The average Bonchev–Trinajstić information content (AvgIpc) is 2.95. The lowest BCUT2D eigenvalue weighted by Crippen LogP contribution is -2.53. The van der Waals surface area contributed by atoms with Crippen molar-refractivity contribution < 1.29 is 31.9 Å². The number of carboxylic acids is 1. The van der Waals surface area contributed by atoms with Crippen molar-refractivity contribution >= 4 is 32.8 Å². The maximum Gasteiger partial charge on any atom is 0.323 e. The number of hydrogen-bond acceptors (Lipinski definition) is 8. The van der Waals surface area contributed by atoms with Gasteiger partial charge in [0.25, 0.3) is 5.91 Å². The number of aromatic nitrogens is 1. The van der Waals surface area contributed by atoms with Crippen LogP contribution in [0.25, 0.3) is 10.9 Å². The molecule has 1 amide bonds. The molecule has 1 aliphatic rings. The molecule has 1 aromatic heterocycles. The first-order valence-corrected chi connectivity index (χ1v) is 13.9. The second kappa shape index (κ2) is 12.6. The summed E-state index contributed by atoms with van der Waals surface area (Å²) >= 11 is 0. The van der Waals surface area contributed by atoms with Gasteiger partial charge in [-0.25, -0.2) is 17.2 Å². The van der Waals surface area contributed by atoms with Crippen molar-refractivity contribution in [3.8, 4) is 0 Å². The molecule has 1 aliphatic heterocycles. The second-order valence-electron chi connectivity index (χ2n) is 9.18. The topological polar surface area (TPSA) is 171 Å². The number of pyridine rings is 1. The van der Waals surface area contributed by atoms with Gasteiger partial charge in [0.1, 0.15) is 23.7 Å². The standard InChI is InChI=1S/C26H28F2N6O6S/c1-34-14-18(24(36)32-13-20(25(37)38)33-41(39,40)15-6-3-2-4-7-15)23(35)17-12-19(27)16(21(28)22(17)34)8-11-31-26-29-9-5-10-30-26/h2-7,9,12,14,20,26,29-31,33H,8,10-11,13H2,1H3,(H,32,36)(H,37,38). The van der Waals surface area contributed by atoms with Gasteiger partial charge in [-0.2, -0.15) is 4.72 Å². The Morgan fingerprint density at radius 3 is 2.61 bits per heavy atom. The van der Waals surface area contributed by atoms with Crippen LogP contribution in [-0.4, -0.2) is 61.9 Å². The first-order chi connectivity index (χ1) is 19.5. The van der Waals surface area contributed by atoms with Gasteiger partial charge >= 0.3 is 5.97 Å². The summed E-state index contributed by atoms with van der Waals surface area (Å²) in [5.41, 5.74) is -1.93. The van der Waals surface area contributed by atoms with E-state index < -0.39 is 57.1 Å².